The molecule has 0 aliphatic carbocycles. The third kappa shape index (κ3) is 3.52. The zero-order valence-corrected chi connectivity index (χ0v) is 11.8. The van der Waals surface area contributed by atoms with Crippen LogP contribution in [0.5, 0.6) is 0 Å². The lowest BCUT2D eigenvalue weighted by molar-refractivity contribution is 0.0119. The SMILES string of the molecule is CSCc1ccc(C(=O)NC2(CO)CCOCC2)o1. The van der Waals surface area contributed by atoms with Crippen molar-refractivity contribution >= 4 is 17.7 Å². The number of hydrogen-bond donors (Lipinski definition) is 2. The standard InChI is InChI=1S/C13H19NO4S/c1-19-8-10-2-3-11(18-10)12(16)14-13(9-15)4-6-17-7-5-13/h2-3,15H,4-9H2,1H3,(H,14,16). The van der Waals surface area contributed by atoms with Crippen molar-refractivity contribution in [1.29, 1.82) is 0 Å². The molecule has 1 aliphatic rings. The van der Waals surface area contributed by atoms with Gasteiger partial charge in [0.05, 0.1) is 17.9 Å². The second kappa shape index (κ2) is 6.45. The maximum atomic E-state index is 12.1. The lowest BCUT2D eigenvalue weighted by Gasteiger charge is -2.35. The van der Waals surface area contributed by atoms with Gasteiger partial charge in [0.2, 0.25) is 0 Å². The van der Waals surface area contributed by atoms with Crippen LogP contribution in [0.15, 0.2) is 16.5 Å². The Morgan fingerprint density at radius 1 is 1.47 bits per heavy atom. The first-order chi connectivity index (χ1) is 9.19. The van der Waals surface area contributed by atoms with Crippen LogP contribution in [0.2, 0.25) is 0 Å². The molecule has 1 aromatic heterocycles. The molecule has 0 aromatic carbocycles. The molecule has 2 heterocycles. The largest absolute Gasteiger partial charge is 0.455 e. The van der Waals surface area contributed by atoms with Crippen LogP contribution in [0.3, 0.4) is 0 Å². The minimum atomic E-state index is -0.582. The van der Waals surface area contributed by atoms with Crippen molar-refractivity contribution in [3.8, 4) is 0 Å². The van der Waals surface area contributed by atoms with Gasteiger partial charge in [-0.15, -0.1) is 0 Å². The van der Waals surface area contributed by atoms with Gasteiger partial charge in [-0.3, -0.25) is 4.79 Å². The summed E-state index contributed by atoms with van der Waals surface area (Å²) in [5, 5.41) is 12.4. The second-order valence-electron chi connectivity index (χ2n) is 4.70. The van der Waals surface area contributed by atoms with E-state index >= 15 is 0 Å². The summed E-state index contributed by atoms with van der Waals surface area (Å²) in [5.74, 6) is 1.54. The van der Waals surface area contributed by atoms with Crippen LogP contribution in [0.4, 0.5) is 0 Å². The Kier molecular flexibility index (Phi) is 4.90. The number of ether oxygens (including phenoxy) is 1. The number of amides is 1. The third-order valence-corrected chi connectivity index (χ3v) is 3.88. The highest BCUT2D eigenvalue weighted by Crippen LogP contribution is 2.21. The molecule has 1 fully saturated rings. The van der Waals surface area contributed by atoms with Crippen LogP contribution in [0.25, 0.3) is 0 Å². The summed E-state index contributed by atoms with van der Waals surface area (Å²) in [5.41, 5.74) is -0.582. The summed E-state index contributed by atoms with van der Waals surface area (Å²) in [6.07, 6.45) is 3.21. The van der Waals surface area contributed by atoms with Crippen molar-refractivity contribution in [2.24, 2.45) is 0 Å². The molecule has 0 bridgehead atoms. The van der Waals surface area contributed by atoms with E-state index in [9.17, 15) is 9.90 Å². The van der Waals surface area contributed by atoms with E-state index in [2.05, 4.69) is 5.32 Å². The molecule has 0 atom stereocenters. The number of aliphatic hydroxyl groups is 1. The van der Waals surface area contributed by atoms with E-state index in [0.717, 1.165) is 11.5 Å². The molecule has 1 aliphatic heterocycles. The summed E-state index contributed by atoms with van der Waals surface area (Å²) in [6.45, 7) is 1.02. The van der Waals surface area contributed by atoms with E-state index in [1.807, 2.05) is 6.26 Å². The molecule has 19 heavy (non-hydrogen) atoms. The summed E-state index contributed by atoms with van der Waals surface area (Å²) >= 11 is 1.64. The maximum absolute atomic E-state index is 12.1. The van der Waals surface area contributed by atoms with E-state index in [1.165, 1.54) is 0 Å². The third-order valence-electron chi connectivity index (χ3n) is 3.30. The molecule has 0 saturated carbocycles. The van der Waals surface area contributed by atoms with Gasteiger partial charge in [-0.2, -0.15) is 11.8 Å². The van der Waals surface area contributed by atoms with Gasteiger partial charge < -0.3 is 19.6 Å². The molecule has 0 spiro atoms. The number of carbonyl (C=O) groups excluding carboxylic acids is 1. The van der Waals surface area contributed by atoms with E-state index in [-0.39, 0.29) is 12.5 Å². The van der Waals surface area contributed by atoms with Gasteiger partial charge in [0, 0.05) is 13.2 Å². The number of carbonyl (C=O) groups is 1. The van der Waals surface area contributed by atoms with E-state index in [1.54, 1.807) is 23.9 Å². The Hall–Kier alpha value is -0.980. The van der Waals surface area contributed by atoms with Crippen molar-refractivity contribution in [3.05, 3.63) is 23.7 Å². The lowest BCUT2D eigenvalue weighted by Crippen LogP contribution is -2.54. The zero-order valence-electron chi connectivity index (χ0n) is 11.0. The number of nitrogens with one attached hydrogen (secondary N) is 1. The first-order valence-electron chi connectivity index (χ1n) is 6.28. The average Bonchev–Trinajstić information content (AvgIpc) is 2.89. The predicted molar refractivity (Wildman–Crippen MR) is 73.3 cm³/mol. The fraction of sp³-hybridized carbons (Fsp3) is 0.615. The van der Waals surface area contributed by atoms with Gasteiger partial charge in [0.25, 0.3) is 5.91 Å². The van der Waals surface area contributed by atoms with Crippen molar-refractivity contribution in [2.75, 3.05) is 26.1 Å². The van der Waals surface area contributed by atoms with Gasteiger partial charge in [-0.05, 0) is 31.2 Å². The smallest absolute Gasteiger partial charge is 0.287 e. The molecule has 5 nitrogen and oxygen atoms in total. The number of thioether (sulfide) groups is 1. The molecule has 6 heteroatoms. The first kappa shape index (κ1) is 14.4. The molecule has 2 N–H and O–H groups in total. The minimum absolute atomic E-state index is 0.0829. The Balaban J connectivity index is 2.02. The fourth-order valence-corrected chi connectivity index (χ4v) is 2.55. The van der Waals surface area contributed by atoms with Crippen LogP contribution in [0.1, 0.15) is 29.2 Å². The number of hydrogen-bond acceptors (Lipinski definition) is 5. The predicted octanol–water partition coefficient (Wildman–Crippen LogP) is 1.41. The summed E-state index contributed by atoms with van der Waals surface area (Å²) < 4.78 is 10.7. The Morgan fingerprint density at radius 2 is 2.21 bits per heavy atom. The van der Waals surface area contributed by atoms with Crippen molar-refractivity contribution in [1.82, 2.24) is 5.32 Å². The fourth-order valence-electron chi connectivity index (χ4n) is 2.11. The summed E-state index contributed by atoms with van der Waals surface area (Å²) in [6, 6.07) is 3.48. The van der Waals surface area contributed by atoms with E-state index in [4.69, 9.17) is 9.15 Å². The van der Waals surface area contributed by atoms with Crippen LogP contribution >= 0.6 is 11.8 Å². The normalized spacial score (nSPS) is 18.2. The quantitative estimate of drug-likeness (QED) is 0.856. The van der Waals surface area contributed by atoms with Gasteiger partial charge in [-0.1, -0.05) is 0 Å². The van der Waals surface area contributed by atoms with Gasteiger partial charge in [0.1, 0.15) is 5.76 Å². The Bertz CT molecular complexity index is 426. The summed E-state index contributed by atoms with van der Waals surface area (Å²) in [4.78, 5) is 12.1. The van der Waals surface area contributed by atoms with Gasteiger partial charge in [0.15, 0.2) is 5.76 Å². The Morgan fingerprint density at radius 3 is 2.84 bits per heavy atom. The number of furan rings is 1. The van der Waals surface area contributed by atoms with E-state index < -0.39 is 5.54 Å². The van der Waals surface area contributed by atoms with E-state index in [0.29, 0.717) is 31.8 Å². The highest BCUT2D eigenvalue weighted by atomic mass is 32.2. The summed E-state index contributed by atoms with van der Waals surface area (Å²) in [7, 11) is 0. The second-order valence-corrected chi connectivity index (χ2v) is 5.57. The first-order valence-corrected chi connectivity index (χ1v) is 7.67. The molecule has 2 rings (SSSR count). The monoisotopic (exact) mass is 285 g/mol. The van der Waals surface area contributed by atoms with Gasteiger partial charge in [-0.25, -0.2) is 0 Å². The molecule has 1 saturated heterocycles. The van der Waals surface area contributed by atoms with Crippen molar-refractivity contribution in [3.63, 3.8) is 0 Å². The molecule has 0 unspecified atom stereocenters. The Labute approximate surface area is 116 Å². The molecule has 0 radical (unpaired) electrons. The van der Waals surface area contributed by atoms with Gasteiger partial charge >= 0.3 is 0 Å². The molecule has 1 amide bonds. The molecule has 1 aromatic rings. The highest BCUT2D eigenvalue weighted by Gasteiger charge is 2.34. The van der Waals surface area contributed by atoms with Crippen LogP contribution in [0, 0.1) is 0 Å². The molecule has 106 valence electrons. The number of aliphatic hydroxyl groups excluding tert-OH is 1. The minimum Gasteiger partial charge on any atom is -0.455 e. The topological polar surface area (TPSA) is 71.7 Å². The van der Waals surface area contributed by atoms with Crippen LogP contribution < -0.4 is 5.32 Å². The highest BCUT2D eigenvalue weighted by molar-refractivity contribution is 7.97. The molecular weight excluding hydrogens is 266 g/mol. The lowest BCUT2D eigenvalue weighted by atomic mass is 9.91. The van der Waals surface area contributed by atoms with Crippen LogP contribution in [-0.2, 0) is 10.5 Å². The zero-order chi connectivity index (χ0) is 13.7. The average molecular weight is 285 g/mol. The van der Waals surface area contributed by atoms with Crippen LogP contribution in [-0.4, -0.2) is 42.6 Å². The number of rotatable bonds is 5. The van der Waals surface area contributed by atoms with Crippen molar-refractivity contribution in [2.45, 2.75) is 24.1 Å². The molecular formula is C13H19NO4S. The van der Waals surface area contributed by atoms with Crippen molar-refractivity contribution < 1.29 is 19.1 Å². The maximum Gasteiger partial charge on any atom is 0.287 e.